The standard InChI is InChI=1S/C10H12ClN3O/c11-8-2-1-3-9(8)14-10(15)7-4-5-12-13-6-7/h4-6,8-9H,1-3H2,(H,14,15). The van der Waals surface area contributed by atoms with Crippen LogP contribution in [0.1, 0.15) is 29.6 Å². The molecule has 1 amide bonds. The first-order valence-electron chi connectivity index (χ1n) is 4.99. The van der Waals surface area contributed by atoms with E-state index in [1.165, 1.54) is 12.4 Å². The highest BCUT2D eigenvalue weighted by atomic mass is 35.5. The van der Waals surface area contributed by atoms with Crippen LogP contribution in [0.4, 0.5) is 0 Å². The van der Waals surface area contributed by atoms with E-state index < -0.39 is 0 Å². The molecule has 0 aromatic carbocycles. The largest absolute Gasteiger partial charge is 0.348 e. The van der Waals surface area contributed by atoms with Crippen LogP contribution in [0, 0.1) is 0 Å². The maximum atomic E-state index is 11.7. The Morgan fingerprint density at radius 1 is 1.47 bits per heavy atom. The van der Waals surface area contributed by atoms with Gasteiger partial charge in [-0.15, -0.1) is 11.6 Å². The van der Waals surface area contributed by atoms with Crippen molar-refractivity contribution in [1.82, 2.24) is 15.5 Å². The van der Waals surface area contributed by atoms with Crippen molar-refractivity contribution in [3.05, 3.63) is 24.0 Å². The second-order valence-corrected chi connectivity index (χ2v) is 4.22. The Hall–Kier alpha value is -1.16. The Labute approximate surface area is 93.0 Å². The number of hydrogen-bond donors (Lipinski definition) is 1. The Kier molecular flexibility index (Phi) is 3.16. The third-order valence-corrected chi connectivity index (χ3v) is 3.12. The molecule has 1 aromatic heterocycles. The van der Waals surface area contributed by atoms with Gasteiger partial charge in [-0.3, -0.25) is 4.79 Å². The summed E-state index contributed by atoms with van der Waals surface area (Å²) in [6, 6.07) is 1.73. The molecule has 2 rings (SSSR count). The first kappa shape index (κ1) is 10.4. The van der Waals surface area contributed by atoms with Crippen LogP contribution < -0.4 is 5.32 Å². The molecule has 1 N–H and O–H groups in total. The number of halogens is 1. The number of carbonyl (C=O) groups excluding carboxylic acids is 1. The van der Waals surface area contributed by atoms with Gasteiger partial charge in [0.05, 0.1) is 23.3 Å². The van der Waals surface area contributed by atoms with E-state index in [1.807, 2.05) is 0 Å². The molecule has 1 saturated carbocycles. The lowest BCUT2D eigenvalue weighted by Gasteiger charge is -2.15. The summed E-state index contributed by atoms with van der Waals surface area (Å²) in [5, 5.41) is 10.2. The fraction of sp³-hybridized carbons (Fsp3) is 0.500. The molecule has 2 unspecified atom stereocenters. The van der Waals surface area contributed by atoms with E-state index in [4.69, 9.17) is 11.6 Å². The third-order valence-electron chi connectivity index (χ3n) is 2.59. The summed E-state index contributed by atoms with van der Waals surface area (Å²) in [6.07, 6.45) is 5.96. The Morgan fingerprint density at radius 3 is 2.93 bits per heavy atom. The van der Waals surface area contributed by atoms with Crippen molar-refractivity contribution in [2.45, 2.75) is 30.7 Å². The van der Waals surface area contributed by atoms with Gasteiger partial charge in [-0.2, -0.15) is 10.2 Å². The monoisotopic (exact) mass is 225 g/mol. The van der Waals surface area contributed by atoms with Gasteiger partial charge in [0, 0.05) is 6.04 Å². The second-order valence-electron chi connectivity index (χ2n) is 3.66. The zero-order chi connectivity index (χ0) is 10.7. The fourth-order valence-electron chi connectivity index (χ4n) is 1.75. The van der Waals surface area contributed by atoms with Crippen LogP contribution in [0.3, 0.4) is 0 Å². The molecule has 5 heteroatoms. The number of aromatic nitrogens is 2. The van der Waals surface area contributed by atoms with Crippen molar-refractivity contribution in [2.75, 3.05) is 0 Å². The van der Waals surface area contributed by atoms with Gasteiger partial charge in [0.15, 0.2) is 0 Å². The highest BCUT2D eigenvalue weighted by Crippen LogP contribution is 2.24. The average molecular weight is 226 g/mol. The topological polar surface area (TPSA) is 54.9 Å². The zero-order valence-corrected chi connectivity index (χ0v) is 8.94. The molecule has 80 valence electrons. The van der Waals surface area contributed by atoms with E-state index >= 15 is 0 Å². The van der Waals surface area contributed by atoms with Crippen LogP contribution in [0.25, 0.3) is 0 Å². The van der Waals surface area contributed by atoms with Crippen LogP contribution in [0.2, 0.25) is 0 Å². The van der Waals surface area contributed by atoms with Crippen molar-refractivity contribution in [3.63, 3.8) is 0 Å². The Balaban J connectivity index is 1.98. The number of nitrogens with one attached hydrogen (secondary N) is 1. The number of amides is 1. The predicted molar refractivity (Wildman–Crippen MR) is 56.8 cm³/mol. The minimum Gasteiger partial charge on any atom is -0.348 e. The SMILES string of the molecule is O=C(NC1CCCC1Cl)c1ccnnc1. The summed E-state index contributed by atoms with van der Waals surface area (Å²) in [6.45, 7) is 0. The normalized spacial score (nSPS) is 25.1. The number of rotatable bonds is 2. The molecule has 0 bridgehead atoms. The Morgan fingerprint density at radius 2 is 2.33 bits per heavy atom. The van der Waals surface area contributed by atoms with E-state index in [9.17, 15) is 4.79 Å². The van der Waals surface area contributed by atoms with Gasteiger partial charge in [0.2, 0.25) is 0 Å². The molecule has 0 aliphatic heterocycles. The number of alkyl halides is 1. The molecule has 4 nitrogen and oxygen atoms in total. The van der Waals surface area contributed by atoms with Crippen molar-refractivity contribution in [3.8, 4) is 0 Å². The molecule has 0 spiro atoms. The van der Waals surface area contributed by atoms with E-state index in [1.54, 1.807) is 6.07 Å². The van der Waals surface area contributed by atoms with Crippen LogP contribution in [-0.4, -0.2) is 27.5 Å². The van der Waals surface area contributed by atoms with E-state index in [2.05, 4.69) is 15.5 Å². The van der Waals surface area contributed by atoms with Gasteiger partial charge in [-0.05, 0) is 25.3 Å². The minimum atomic E-state index is -0.123. The molecule has 1 aliphatic carbocycles. The third kappa shape index (κ3) is 2.45. The maximum Gasteiger partial charge on any atom is 0.253 e. The maximum absolute atomic E-state index is 11.7. The van der Waals surface area contributed by atoms with E-state index in [0.717, 1.165) is 19.3 Å². The van der Waals surface area contributed by atoms with E-state index in [-0.39, 0.29) is 17.3 Å². The number of hydrogen-bond acceptors (Lipinski definition) is 3. The number of carbonyl (C=O) groups is 1. The van der Waals surface area contributed by atoms with Gasteiger partial charge >= 0.3 is 0 Å². The summed E-state index contributed by atoms with van der Waals surface area (Å²) >= 11 is 6.07. The molecule has 15 heavy (non-hydrogen) atoms. The van der Waals surface area contributed by atoms with Gasteiger partial charge in [-0.25, -0.2) is 0 Å². The van der Waals surface area contributed by atoms with Crippen molar-refractivity contribution in [2.24, 2.45) is 0 Å². The molecule has 0 radical (unpaired) electrons. The summed E-state index contributed by atoms with van der Waals surface area (Å²) in [5.74, 6) is -0.123. The molecule has 1 aliphatic rings. The smallest absolute Gasteiger partial charge is 0.253 e. The lowest BCUT2D eigenvalue weighted by Crippen LogP contribution is -2.37. The minimum absolute atomic E-state index is 0.0590. The van der Waals surface area contributed by atoms with E-state index in [0.29, 0.717) is 5.56 Å². The van der Waals surface area contributed by atoms with Gasteiger partial charge in [-0.1, -0.05) is 0 Å². The molecular formula is C10H12ClN3O. The molecule has 1 heterocycles. The van der Waals surface area contributed by atoms with Gasteiger partial charge in [0.1, 0.15) is 0 Å². The van der Waals surface area contributed by atoms with Crippen molar-refractivity contribution < 1.29 is 4.79 Å². The number of nitrogens with zero attached hydrogens (tertiary/aromatic N) is 2. The molecule has 1 fully saturated rings. The lowest BCUT2D eigenvalue weighted by atomic mass is 10.2. The highest BCUT2D eigenvalue weighted by molar-refractivity contribution is 6.21. The second kappa shape index (κ2) is 4.57. The summed E-state index contributed by atoms with van der Waals surface area (Å²) in [7, 11) is 0. The first-order valence-corrected chi connectivity index (χ1v) is 5.42. The lowest BCUT2D eigenvalue weighted by molar-refractivity contribution is 0.0938. The molecule has 1 aromatic rings. The average Bonchev–Trinajstić information content (AvgIpc) is 2.66. The summed E-state index contributed by atoms with van der Waals surface area (Å²) in [5.41, 5.74) is 0.528. The Bertz CT molecular complexity index is 344. The van der Waals surface area contributed by atoms with Crippen LogP contribution >= 0.6 is 11.6 Å². The first-order chi connectivity index (χ1) is 7.27. The van der Waals surface area contributed by atoms with Crippen LogP contribution in [0.5, 0.6) is 0 Å². The molecule has 0 saturated heterocycles. The van der Waals surface area contributed by atoms with Crippen molar-refractivity contribution >= 4 is 17.5 Å². The molecular weight excluding hydrogens is 214 g/mol. The highest BCUT2D eigenvalue weighted by Gasteiger charge is 2.26. The van der Waals surface area contributed by atoms with Crippen LogP contribution in [-0.2, 0) is 0 Å². The van der Waals surface area contributed by atoms with Crippen LogP contribution in [0.15, 0.2) is 18.5 Å². The molecule has 2 atom stereocenters. The fourth-order valence-corrected chi connectivity index (χ4v) is 2.10. The summed E-state index contributed by atoms with van der Waals surface area (Å²) in [4.78, 5) is 11.7. The van der Waals surface area contributed by atoms with Gasteiger partial charge < -0.3 is 5.32 Å². The zero-order valence-electron chi connectivity index (χ0n) is 8.19. The summed E-state index contributed by atoms with van der Waals surface area (Å²) < 4.78 is 0. The predicted octanol–water partition coefficient (Wildman–Crippen LogP) is 1.37. The van der Waals surface area contributed by atoms with Crippen molar-refractivity contribution in [1.29, 1.82) is 0 Å². The van der Waals surface area contributed by atoms with Gasteiger partial charge in [0.25, 0.3) is 5.91 Å². The quantitative estimate of drug-likeness (QED) is 0.774.